The van der Waals surface area contributed by atoms with Gasteiger partial charge in [0.25, 0.3) is 0 Å². The van der Waals surface area contributed by atoms with Gasteiger partial charge in [0.05, 0.1) is 5.69 Å². The summed E-state index contributed by atoms with van der Waals surface area (Å²) in [6.45, 7) is 1.93. The van der Waals surface area contributed by atoms with Crippen LogP contribution in [0.5, 0.6) is 0 Å². The van der Waals surface area contributed by atoms with Crippen molar-refractivity contribution in [2.75, 3.05) is 0 Å². The third kappa shape index (κ3) is 1.89. The molecule has 2 unspecified atom stereocenters. The lowest BCUT2D eigenvalue weighted by Gasteiger charge is -2.04. The Morgan fingerprint density at radius 1 is 1.39 bits per heavy atom. The van der Waals surface area contributed by atoms with Crippen LogP contribution in [0.4, 0.5) is 0 Å². The first-order valence-corrected chi connectivity index (χ1v) is 7.18. The standard InChI is InChI=1S/C14H19ClN2O/c1-8-11(14(15)17(2)16-8)7-12(18)13-9-5-3-4-6-10(9)13/h9-10,13H,3-7H2,1-2H3. The van der Waals surface area contributed by atoms with Gasteiger partial charge in [0.2, 0.25) is 0 Å². The molecule has 2 aliphatic carbocycles. The van der Waals surface area contributed by atoms with E-state index >= 15 is 0 Å². The molecule has 2 saturated carbocycles. The first kappa shape index (κ1) is 12.2. The van der Waals surface area contributed by atoms with E-state index < -0.39 is 0 Å². The van der Waals surface area contributed by atoms with Gasteiger partial charge in [-0.1, -0.05) is 24.4 Å². The average Bonchev–Trinajstić information content (AvgIpc) is 3.03. The Balaban J connectivity index is 1.72. The van der Waals surface area contributed by atoms with Gasteiger partial charge < -0.3 is 0 Å². The van der Waals surface area contributed by atoms with Crippen LogP contribution in [0.25, 0.3) is 0 Å². The van der Waals surface area contributed by atoms with E-state index in [1.54, 1.807) is 4.68 Å². The molecule has 1 aromatic rings. The van der Waals surface area contributed by atoms with Crippen LogP contribution in [0.3, 0.4) is 0 Å². The fourth-order valence-corrected chi connectivity index (χ4v) is 3.88. The van der Waals surface area contributed by atoms with E-state index in [2.05, 4.69) is 5.10 Å². The number of carbonyl (C=O) groups is 1. The van der Waals surface area contributed by atoms with Crippen LogP contribution in [0, 0.1) is 24.7 Å². The Morgan fingerprint density at radius 3 is 2.50 bits per heavy atom. The smallest absolute Gasteiger partial charge is 0.141 e. The molecule has 0 amide bonds. The molecule has 0 spiro atoms. The minimum absolute atomic E-state index is 0.322. The summed E-state index contributed by atoms with van der Waals surface area (Å²) in [5.74, 6) is 2.07. The molecule has 1 heterocycles. The number of rotatable bonds is 3. The topological polar surface area (TPSA) is 34.9 Å². The van der Waals surface area contributed by atoms with E-state index in [-0.39, 0.29) is 0 Å². The molecule has 2 aliphatic rings. The highest BCUT2D eigenvalue weighted by Crippen LogP contribution is 2.56. The van der Waals surface area contributed by atoms with Crippen LogP contribution < -0.4 is 0 Å². The van der Waals surface area contributed by atoms with Gasteiger partial charge in [0.1, 0.15) is 10.9 Å². The van der Waals surface area contributed by atoms with E-state index in [1.165, 1.54) is 25.7 Å². The zero-order valence-electron chi connectivity index (χ0n) is 10.9. The third-order valence-electron chi connectivity index (χ3n) is 4.65. The number of hydrogen-bond acceptors (Lipinski definition) is 2. The molecule has 0 saturated heterocycles. The highest BCUT2D eigenvalue weighted by atomic mass is 35.5. The van der Waals surface area contributed by atoms with E-state index in [0.29, 0.717) is 35.1 Å². The number of carbonyl (C=O) groups excluding carboxylic acids is 1. The lowest BCUT2D eigenvalue weighted by atomic mass is 10.0. The zero-order chi connectivity index (χ0) is 12.9. The van der Waals surface area contributed by atoms with E-state index in [9.17, 15) is 4.79 Å². The first-order chi connectivity index (χ1) is 8.59. The molecule has 2 atom stereocenters. The fourth-order valence-electron chi connectivity index (χ4n) is 3.64. The molecule has 0 radical (unpaired) electrons. The van der Waals surface area contributed by atoms with Crippen LogP contribution >= 0.6 is 11.6 Å². The summed E-state index contributed by atoms with van der Waals surface area (Å²) >= 11 is 6.18. The van der Waals surface area contributed by atoms with Crippen LogP contribution in [-0.4, -0.2) is 15.6 Å². The number of nitrogens with zero attached hydrogens (tertiary/aromatic N) is 2. The van der Waals surface area contributed by atoms with Gasteiger partial charge in [0.15, 0.2) is 0 Å². The Morgan fingerprint density at radius 2 is 2.00 bits per heavy atom. The van der Waals surface area contributed by atoms with Crippen molar-refractivity contribution in [1.82, 2.24) is 9.78 Å². The fraction of sp³-hybridized carbons (Fsp3) is 0.714. The van der Waals surface area contributed by atoms with Crippen molar-refractivity contribution in [3.05, 3.63) is 16.4 Å². The van der Waals surface area contributed by atoms with Crippen LogP contribution in [0.1, 0.15) is 36.9 Å². The summed E-state index contributed by atoms with van der Waals surface area (Å²) in [7, 11) is 1.82. The molecular formula is C14H19ClN2O. The van der Waals surface area contributed by atoms with Crippen molar-refractivity contribution in [2.24, 2.45) is 24.8 Å². The summed E-state index contributed by atoms with van der Waals surface area (Å²) in [5.41, 5.74) is 1.81. The van der Waals surface area contributed by atoms with Gasteiger partial charge >= 0.3 is 0 Å². The maximum absolute atomic E-state index is 12.4. The summed E-state index contributed by atoms with van der Waals surface area (Å²) in [6.07, 6.45) is 5.58. The molecule has 3 rings (SSSR count). The number of aryl methyl sites for hydroxylation is 2. The third-order valence-corrected chi connectivity index (χ3v) is 5.12. The Hall–Kier alpha value is -0.830. The number of Topliss-reactive ketones (excluding diaryl/α,β-unsaturated/α-hetero) is 1. The van der Waals surface area contributed by atoms with Gasteiger partial charge in [-0.2, -0.15) is 5.10 Å². The molecule has 3 nitrogen and oxygen atoms in total. The average molecular weight is 267 g/mol. The van der Waals surface area contributed by atoms with E-state index in [4.69, 9.17) is 11.6 Å². The van der Waals surface area contributed by atoms with E-state index in [1.807, 2.05) is 14.0 Å². The maximum Gasteiger partial charge on any atom is 0.141 e. The highest BCUT2D eigenvalue weighted by Gasteiger charge is 2.54. The maximum atomic E-state index is 12.4. The Kier molecular flexibility index (Phi) is 2.97. The predicted octanol–water partition coefficient (Wildman–Crippen LogP) is 2.93. The molecule has 1 aromatic heterocycles. The molecule has 4 heteroatoms. The predicted molar refractivity (Wildman–Crippen MR) is 70.6 cm³/mol. The van der Waals surface area contributed by atoms with Gasteiger partial charge in [-0.05, 0) is 31.6 Å². The summed E-state index contributed by atoms with van der Waals surface area (Å²) in [6, 6.07) is 0. The second-order valence-corrected chi connectivity index (χ2v) is 6.12. The number of aromatic nitrogens is 2. The van der Waals surface area contributed by atoms with Crippen molar-refractivity contribution < 1.29 is 4.79 Å². The lowest BCUT2D eigenvalue weighted by Crippen LogP contribution is -2.08. The van der Waals surface area contributed by atoms with Crippen LogP contribution in [0.15, 0.2) is 0 Å². The van der Waals surface area contributed by atoms with Crippen LogP contribution in [-0.2, 0) is 18.3 Å². The molecule has 0 aliphatic heterocycles. The summed E-state index contributed by atoms with van der Waals surface area (Å²) in [4.78, 5) is 12.4. The summed E-state index contributed by atoms with van der Waals surface area (Å²) < 4.78 is 1.65. The largest absolute Gasteiger partial charge is 0.299 e. The lowest BCUT2D eigenvalue weighted by molar-refractivity contribution is -0.120. The Labute approximate surface area is 113 Å². The van der Waals surface area contributed by atoms with Gasteiger partial charge in [-0.3, -0.25) is 9.48 Å². The van der Waals surface area contributed by atoms with Crippen molar-refractivity contribution in [3.63, 3.8) is 0 Å². The SMILES string of the molecule is Cc1nn(C)c(Cl)c1CC(=O)C1C2CCCCC21. The molecule has 98 valence electrons. The molecule has 18 heavy (non-hydrogen) atoms. The number of ketones is 1. The quantitative estimate of drug-likeness (QED) is 0.843. The van der Waals surface area contributed by atoms with Crippen molar-refractivity contribution in [2.45, 2.75) is 39.0 Å². The second-order valence-electron chi connectivity index (χ2n) is 5.76. The zero-order valence-corrected chi connectivity index (χ0v) is 11.7. The van der Waals surface area contributed by atoms with Gasteiger partial charge in [0, 0.05) is 24.9 Å². The molecular weight excluding hydrogens is 248 g/mol. The number of fused-ring (bicyclic) bond motifs is 1. The summed E-state index contributed by atoms with van der Waals surface area (Å²) in [5, 5.41) is 4.88. The molecule has 0 bridgehead atoms. The minimum atomic E-state index is 0.322. The minimum Gasteiger partial charge on any atom is -0.299 e. The van der Waals surface area contributed by atoms with Gasteiger partial charge in [-0.15, -0.1) is 0 Å². The number of halogens is 1. The Bertz CT molecular complexity index is 482. The first-order valence-electron chi connectivity index (χ1n) is 6.80. The van der Waals surface area contributed by atoms with Crippen molar-refractivity contribution in [3.8, 4) is 0 Å². The second kappa shape index (κ2) is 4.37. The monoisotopic (exact) mass is 266 g/mol. The van der Waals surface area contributed by atoms with E-state index in [0.717, 1.165) is 11.3 Å². The van der Waals surface area contributed by atoms with Crippen molar-refractivity contribution in [1.29, 1.82) is 0 Å². The molecule has 2 fully saturated rings. The van der Waals surface area contributed by atoms with Crippen LogP contribution in [0.2, 0.25) is 5.15 Å². The number of hydrogen-bond donors (Lipinski definition) is 0. The molecule has 0 N–H and O–H groups in total. The molecule has 0 aromatic carbocycles. The normalized spacial score (nSPS) is 30.1. The van der Waals surface area contributed by atoms with Gasteiger partial charge in [-0.25, -0.2) is 0 Å². The highest BCUT2D eigenvalue weighted by molar-refractivity contribution is 6.30. The van der Waals surface area contributed by atoms with Crippen molar-refractivity contribution >= 4 is 17.4 Å².